The molecule has 4 heteroatoms. The smallest absolute Gasteiger partial charge is 0.236 e. The van der Waals surface area contributed by atoms with Crippen LogP contribution in [0.5, 0.6) is 0 Å². The van der Waals surface area contributed by atoms with Gasteiger partial charge in [0, 0.05) is 6.54 Å². The van der Waals surface area contributed by atoms with Crippen molar-refractivity contribution in [1.29, 1.82) is 0 Å². The number of nitrogens with two attached hydrogens (primary N) is 1. The van der Waals surface area contributed by atoms with Gasteiger partial charge in [0.2, 0.25) is 5.91 Å². The van der Waals surface area contributed by atoms with E-state index in [1.165, 1.54) is 0 Å². The summed E-state index contributed by atoms with van der Waals surface area (Å²) in [6.45, 7) is 5.06. The first-order chi connectivity index (χ1) is 7.15. The summed E-state index contributed by atoms with van der Waals surface area (Å²) in [6.07, 6.45) is 5.00. The minimum atomic E-state index is -0.341. The van der Waals surface area contributed by atoms with Crippen molar-refractivity contribution < 1.29 is 4.79 Å². The highest BCUT2D eigenvalue weighted by Crippen LogP contribution is 2.05. The maximum Gasteiger partial charge on any atom is 0.236 e. The molecule has 1 amide bonds. The molecule has 15 heavy (non-hydrogen) atoms. The van der Waals surface area contributed by atoms with Crippen LogP contribution in [0.3, 0.4) is 0 Å². The number of rotatable bonds is 8. The van der Waals surface area contributed by atoms with Crippen molar-refractivity contribution in [2.24, 2.45) is 11.7 Å². The first-order valence-corrected chi connectivity index (χ1v) is 7.07. The fourth-order valence-electron chi connectivity index (χ4n) is 1.33. The first kappa shape index (κ1) is 14.8. The highest BCUT2D eigenvalue weighted by Gasteiger charge is 2.13. The van der Waals surface area contributed by atoms with Crippen LogP contribution in [0.2, 0.25) is 0 Å². The Bertz CT molecular complexity index is 172. The Hall–Kier alpha value is -0.220. The van der Waals surface area contributed by atoms with Gasteiger partial charge < -0.3 is 11.1 Å². The first-order valence-electron chi connectivity index (χ1n) is 5.67. The normalized spacial score (nSPS) is 12.9. The lowest BCUT2D eigenvalue weighted by atomic mass is 10.0. The summed E-state index contributed by atoms with van der Waals surface area (Å²) in [4.78, 5) is 11.5. The quantitative estimate of drug-likeness (QED) is 0.668. The largest absolute Gasteiger partial charge is 0.354 e. The third-order valence-electron chi connectivity index (χ3n) is 2.69. The summed E-state index contributed by atoms with van der Waals surface area (Å²) in [6, 6.07) is -0.341. The molecular formula is C11H24N2OS. The average Bonchev–Trinajstić information content (AvgIpc) is 2.26. The molecule has 0 aliphatic heterocycles. The highest BCUT2D eigenvalue weighted by atomic mass is 32.2. The summed E-state index contributed by atoms with van der Waals surface area (Å²) in [5, 5.41) is 2.92. The maximum atomic E-state index is 11.5. The molecule has 0 aromatic rings. The molecule has 1 atom stereocenters. The van der Waals surface area contributed by atoms with Gasteiger partial charge in [-0.05, 0) is 24.3 Å². The van der Waals surface area contributed by atoms with Crippen molar-refractivity contribution in [3.05, 3.63) is 0 Å². The van der Waals surface area contributed by atoms with Crippen LogP contribution in [-0.4, -0.2) is 30.5 Å². The fraction of sp³-hybridized carbons (Fsp3) is 0.909. The second-order valence-corrected chi connectivity index (χ2v) is 4.80. The lowest BCUT2D eigenvalue weighted by Crippen LogP contribution is -2.42. The maximum absolute atomic E-state index is 11.5. The molecule has 0 rings (SSSR count). The van der Waals surface area contributed by atoms with Gasteiger partial charge in [-0.25, -0.2) is 0 Å². The second kappa shape index (κ2) is 9.04. The molecule has 3 N–H and O–H groups in total. The van der Waals surface area contributed by atoms with E-state index >= 15 is 0 Å². The Balaban J connectivity index is 3.71. The molecule has 0 spiro atoms. The molecule has 0 heterocycles. The van der Waals surface area contributed by atoms with Crippen LogP contribution in [0.25, 0.3) is 0 Å². The van der Waals surface area contributed by atoms with E-state index in [0.29, 0.717) is 5.92 Å². The van der Waals surface area contributed by atoms with Crippen molar-refractivity contribution in [1.82, 2.24) is 5.32 Å². The molecule has 0 aliphatic rings. The van der Waals surface area contributed by atoms with Crippen LogP contribution in [0.15, 0.2) is 0 Å². The Morgan fingerprint density at radius 2 is 2.00 bits per heavy atom. The lowest BCUT2D eigenvalue weighted by Gasteiger charge is -2.16. The van der Waals surface area contributed by atoms with Crippen LogP contribution in [0.1, 0.15) is 33.1 Å². The Labute approximate surface area is 97.6 Å². The lowest BCUT2D eigenvalue weighted by molar-refractivity contribution is -0.122. The van der Waals surface area contributed by atoms with E-state index in [4.69, 9.17) is 5.73 Å². The van der Waals surface area contributed by atoms with E-state index in [2.05, 4.69) is 19.2 Å². The Morgan fingerprint density at radius 3 is 2.47 bits per heavy atom. The molecule has 90 valence electrons. The van der Waals surface area contributed by atoms with E-state index in [1.807, 2.05) is 6.26 Å². The number of thioether (sulfide) groups is 1. The Kier molecular flexibility index (Phi) is 8.91. The summed E-state index contributed by atoms with van der Waals surface area (Å²) in [5.41, 5.74) is 5.75. The number of amides is 1. The van der Waals surface area contributed by atoms with Crippen LogP contribution >= 0.6 is 11.8 Å². The molecule has 0 saturated heterocycles. The zero-order chi connectivity index (χ0) is 11.7. The molecule has 0 fully saturated rings. The SMILES string of the molecule is CCC(CC)CNC(=O)[C@@H](N)CCSC. The third kappa shape index (κ3) is 6.79. The number of hydrogen-bond donors (Lipinski definition) is 2. The minimum absolute atomic E-state index is 0.00375. The number of nitrogens with one attached hydrogen (secondary N) is 1. The molecule has 0 aromatic carbocycles. The van der Waals surface area contributed by atoms with Crippen LogP contribution in [0, 0.1) is 5.92 Å². The third-order valence-corrected chi connectivity index (χ3v) is 3.33. The molecular weight excluding hydrogens is 208 g/mol. The van der Waals surface area contributed by atoms with Crippen molar-refractivity contribution >= 4 is 17.7 Å². The molecule has 0 saturated carbocycles. The Morgan fingerprint density at radius 1 is 1.40 bits per heavy atom. The summed E-state index contributed by atoms with van der Waals surface area (Å²) in [5.74, 6) is 1.53. The molecule has 0 radical (unpaired) electrons. The topological polar surface area (TPSA) is 55.1 Å². The van der Waals surface area contributed by atoms with Crippen molar-refractivity contribution in [2.45, 2.75) is 39.2 Å². The molecule has 0 unspecified atom stereocenters. The average molecular weight is 232 g/mol. The standard InChI is InChI=1S/C11H24N2OS/c1-4-9(5-2)8-13-11(14)10(12)6-7-15-3/h9-10H,4-8,12H2,1-3H3,(H,13,14)/t10-/m0/s1. The predicted molar refractivity (Wildman–Crippen MR) is 68.1 cm³/mol. The van der Waals surface area contributed by atoms with Gasteiger partial charge in [0.1, 0.15) is 0 Å². The molecule has 0 bridgehead atoms. The molecule has 0 aliphatic carbocycles. The highest BCUT2D eigenvalue weighted by molar-refractivity contribution is 7.98. The van der Waals surface area contributed by atoms with Crippen molar-refractivity contribution in [3.8, 4) is 0 Å². The molecule has 3 nitrogen and oxygen atoms in total. The van der Waals surface area contributed by atoms with E-state index in [-0.39, 0.29) is 11.9 Å². The second-order valence-electron chi connectivity index (χ2n) is 3.82. The molecule has 0 aromatic heterocycles. The van der Waals surface area contributed by atoms with Gasteiger partial charge in [-0.2, -0.15) is 11.8 Å². The van der Waals surface area contributed by atoms with Crippen molar-refractivity contribution in [3.63, 3.8) is 0 Å². The van der Waals surface area contributed by atoms with E-state index < -0.39 is 0 Å². The van der Waals surface area contributed by atoms with Crippen LogP contribution in [0.4, 0.5) is 0 Å². The van der Waals surface area contributed by atoms with Gasteiger partial charge in [-0.15, -0.1) is 0 Å². The number of hydrogen-bond acceptors (Lipinski definition) is 3. The summed E-state index contributed by atoms with van der Waals surface area (Å²) < 4.78 is 0. The van der Waals surface area contributed by atoms with Gasteiger partial charge in [0.25, 0.3) is 0 Å². The monoisotopic (exact) mass is 232 g/mol. The van der Waals surface area contributed by atoms with Crippen LogP contribution in [-0.2, 0) is 4.79 Å². The summed E-state index contributed by atoms with van der Waals surface area (Å²) >= 11 is 1.72. The minimum Gasteiger partial charge on any atom is -0.354 e. The zero-order valence-electron chi connectivity index (χ0n) is 10.1. The van der Waals surface area contributed by atoms with Gasteiger partial charge >= 0.3 is 0 Å². The number of carbonyl (C=O) groups is 1. The fourth-order valence-corrected chi connectivity index (χ4v) is 1.82. The summed E-state index contributed by atoms with van der Waals surface area (Å²) in [7, 11) is 0. The predicted octanol–water partition coefficient (Wildman–Crippen LogP) is 1.62. The van der Waals surface area contributed by atoms with Gasteiger partial charge in [-0.1, -0.05) is 26.7 Å². The van der Waals surface area contributed by atoms with Gasteiger partial charge in [0.05, 0.1) is 6.04 Å². The van der Waals surface area contributed by atoms with Gasteiger partial charge in [0.15, 0.2) is 0 Å². The number of carbonyl (C=O) groups excluding carboxylic acids is 1. The zero-order valence-corrected chi connectivity index (χ0v) is 10.9. The van der Waals surface area contributed by atoms with E-state index in [1.54, 1.807) is 11.8 Å². The van der Waals surface area contributed by atoms with Gasteiger partial charge in [-0.3, -0.25) is 4.79 Å². The van der Waals surface area contributed by atoms with E-state index in [0.717, 1.165) is 31.6 Å². The van der Waals surface area contributed by atoms with Crippen molar-refractivity contribution in [2.75, 3.05) is 18.6 Å². The van der Waals surface area contributed by atoms with Crippen LogP contribution < -0.4 is 11.1 Å². The van der Waals surface area contributed by atoms with E-state index in [9.17, 15) is 4.79 Å².